The van der Waals surface area contributed by atoms with Crippen LogP contribution in [0.15, 0.2) is 85.1 Å². The molecule has 0 aromatic heterocycles. The highest BCUT2D eigenvalue weighted by Gasteiger charge is 2.19. The molecule has 0 N–H and O–H groups in total. The number of allylic oxidation sites excluding steroid dienone is 14. The van der Waals surface area contributed by atoms with Gasteiger partial charge in [0.2, 0.25) is 0 Å². The van der Waals surface area contributed by atoms with Crippen molar-refractivity contribution in [2.75, 3.05) is 13.2 Å². The molecule has 0 bridgehead atoms. The maximum absolute atomic E-state index is 12.8. The summed E-state index contributed by atoms with van der Waals surface area (Å²) < 4.78 is 16.8. The summed E-state index contributed by atoms with van der Waals surface area (Å²) in [4.78, 5) is 38.1. The van der Waals surface area contributed by atoms with Crippen LogP contribution in [0, 0.1) is 0 Å². The van der Waals surface area contributed by atoms with Gasteiger partial charge < -0.3 is 14.2 Å². The molecule has 0 aromatic carbocycles. The number of hydrogen-bond acceptors (Lipinski definition) is 6. The zero-order chi connectivity index (χ0) is 47.9. The van der Waals surface area contributed by atoms with Crippen LogP contribution in [0.3, 0.4) is 0 Å². The first-order valence-corrected chi connectivity index (χ1v) is 27.7. The van der Waals surface area contributed by atoms with Gasteiger partial charge in [-0.2, -0.15) is 0 Å². The minimum atomic E-state index is -0.800. The van der Waals surface area contributed by atoms with E-state index in [0.717, 1.165) is 96.3 Å². The molecule has 6 heteroatoms. The van der Waals surface area contributed by atoms with Gasteiger partial charge in [0.15, 0.2) is 6.10 Å². The lowest BCUT2D eigenvalue weighted by Crippen LogP contribution is -2.30. The number of esters is 3. The second-order valence-corrected chi connectivity index (χ2v) is 18.3. The standard InChI is InChI=1S/C60H102O6/c1-4-7-10-13-16-19-22-25-27-29-31-32-35-38-41-44-47-50-53-59(62)65-56-57(55-64-58(61)52-49-46-43-40-37-34-24-21-18-15-12-9-6-3)66-60(63)54-51-48-45-42-39-36-33-30-28-26-23-20-17-14-11-8-5-2/h9,12,15,18,21-22,24-25,27,29,31-32,34,37,57H,4-8,10-11,13-14,16-17,19-20,23,26,28,30,33,35-36,38-56H2,1-3H3/b12-9-,18-15-,24-21-,25-22-,29-27-,32-31-,37-34-. The van der Waals surface area contributed by atoms with Gasteiger partial charge in [-0.3, -0.25) is 14.4 Å². The molecule has 0 saturated carbocycles. The van der Waals surface area contributed by atoms with Gasteiger partial charge in [-0.1, -0.05) is 260 Å². The monoisotopic (exact) mass is 919 g/mol. The molecule has 0 saturated heterocycles. The number of hydrogen-bond donors (Lipinski definition) is 0. The van der Waals surface area contributed by atoms with Gasteiger partial charge in [0.1, 0.15) is 13.2 Å². The van der Waals surface area contributed by atoms with Crippen molar-refractivity contribution in [2.24, 2.45) is 0 Å². The summed E-state index contributed by atoms with van der Waals surface area (Å²) in [5, 5.41) is 0. The van der Waals surface area contributed by atoms with Crippen LogP contribution in [-0.4, -0.2) is 37.2 Å². The zero-order valence-corrected chi connectivity index (χ0v) is 43.2. The fraction of sp³-hybridized carbons (Fsp3) is 0.717. The molecule has 0 spiro atoms. The summed E-state index contributed by atoms with van der Waals surface area (Å²) in [5.41, 5.74) is 0. The van der Waals surface area contributed by atoms with E-state index in [1.54, 1.807) is 0 Å². The topological polar surface area (TPSA) is 78.9 Å². The van der Waals surface area contributed by atoms with E-state index in [9.17, 15) is 14.4 Å². The molecule has 0 rings (SSSR count). The highest BCUT2D eigenvalue weighted by Crippen LogP contribution is 2.16. The molecule has 0 aliphatic rings. The fourth-order valence-corrected chi connectivity index (χ4v) is 7.63. The molecule has 0 amide bonds. The van der Waals surface area contributed by atoms with E-state index in [4.69, 9.17) is 14.2 Å². The Bertz CT molecular complexity index is 1290. The van der Waals surface area contributed by atoms with Crippen LogP contribution in [0.25, 0.3) is 0 Å². The fourth-order valence-electron chi connectivity index (χ4n) is 7.63. The van der Waals surface area contributed by atoms with E-state index in [2.05, 4.69) is 69.4 Å². The Labute approximate surface area is 407 Å². The molecule has 1 atom stereocenters. The first kappa shape index (κ1) is 62.6. The van der Waals surface area contributed by atoms with Crippen LogP contribution < -0.4 is 0 Å². The Morgan fingerprint density at radius 1 is 0.318 bits per heavy atom. The summed E-state index contributed by atoms with van der Waals surface area (Å²) >= 11 is 0. The third-order valence-electron chi connectivity index (χ3n) is 11.8. The highest BCUT2D eigenvalue weighted by atomic mass is 16.6. The van der Waals surface area contributed by atoms with Gasteiger partial charge in [-0.15, -0.1) is 0 Å². The Kier molecular flexibility index (Phi) is 51.4. The van der Waals surface area contributed by atoms with Gasteiger partial charge >= 0.3 is 17.9 Å². The summed E-state index contributed by atoms with van der Waals surface area (Å²) in [7, 11) is 0. The summed E-state index contributed by atoms with van der Waals surface area (Å²) in [6.07, 6.45) is 70.0. The SMILES string of the molecule is CC\C=C/C=C\C=C/C=C\CCCCCC(=O)OCC(COC(=O)CCCCCCC\C=C/C=C\C=C/CCCCCCC)OC(=O)CCCCCCCCCCCCCCCCCCC. The normalized spacial score (nSPS) is 12.7. The van der Waals surface area contributed by atoms with Crippen molar-refractivity contribution in [2.45, 2.75) is 264 Å². The molecule has 0 heterocycles. The number of unbranched alkanes of at least 4 members (excludes halogenated alkanes) is 29. The van der Waals surface area contributed by atoms with Crippen molar-refractivity contribution in [3.63, 3.8) is 0 Å². The Morgan fingerprint density at radius 3 is 0.939 bits per heavy atom. The van der Waals surface area contributed by atoms with E-state index in [0.29, 0.717) is 19.3 Å². The molecule has 0 fully saturated rings. The lowest BCUT2D eigenvalue weighted by atomic mass is 10.0. The Morgan fingerprint density at radius 2 is 0.591 bits per heavy atom. The van der Waals surface area contributed by atoms with Crippen molar-refractivity contribution < 1.29 is 28.6 Å². The lowest BCUT2D eigenvalue weighted by molar-refractivity contribution is -0.167. The summed E-state index contributed by atoms with van der Waals surface area (Å²) in [5.74, 6) is -0.951. The predicted molar refractivity (Wildman–Crippen MR) is 284 cm³/mol. The van der Waals surface area contributed by atoms with E-state index >= 15 is 0 Å². The Balaban J connectivity index is 4.45. The molecular weight excluding hydrogens is 817 g/mol. The van der Waals surface area contributed by atoms with Gasteiger partial charge in [-0.05, 0) is 64.2 Å². The highest BCUT2D eigenvalue weighted by molar-refractivity contribution is 5.71. The summed E-state index contributed by atoms with van der Waals surface area (Å²) in [6.45, 7) is 6.44. The number of ether oxygens (including phenoxy) is 3. The van der Waals surface area contributed by atoms with Gasteiger partial charge in [0.25, 0.3) is 0 Å². The van der Waals surface area contributed by atoms with E-state index in [1.807, 2.05) is 36.5 Å². The van der Waals surface area contributed by atoms with Crippen molar-refractivity contribution in [1.29, 1.82) is 0 Å². The lowest BCUT2D eigenvalue weighted by Gasteiger charge is -2.18. The second kappa shape index (κ2) is 54.2. The molecule has 0 aromatic rings. The molecule has 0 aliphatic heterocycles. The van der Waals surface area contributed by atoms with Crippen LogP contribution in [0.5, 0.6) is 0 Å². The molecule has 0 aliphatic carbocycles. The van der Waals surface area contributed by atoms with Crippen molar-refractivity contribution >= 4 is 17.9 Å². The van der Waals surface area contributed by atoms with Crippen LogP contribution in [0.4, 0.5) is 0 Å². The molecule has 0 radical (unpaired) electrons. The number of carbonyl (C=O) groups is 3. The van der Waals surface area contributed by atoms with Crippen molar-refractivity contribution in [1.82, 2.24) is 0 Å². The predicted octanol–water partition coefficient (Wildman–Crippen LogP) is 18.4. The molecule has 66 heavy (non-hydrogen) atoms. The smallest absolute Gasteiger partial charge is 0.306 e. The van der Waals surface area contributed by atoms with Crippen molar-refractivity contribution in [3.05, 3.63) is 85.1 Å². The second-order valence-electron chi connectivity index (χ2n) is 18.3. The molecule has 6 nitrogen and oxygen atoms in total. The third-order valence-corrected chi connectivity index (χ3v) is 11.8. The summed E-state index contributed by atoms with van der Waals surface area (Å²) in [6, 6.07) is 0. The molecule has 1 unspecified atom stereocenters. The van der Waals surface area contributed by atoms with E-state index < -0.39 is 6.10 Å². The minimum Gasteiger partial charge on any atom is -0.462 e. The number of rotatable bonds is 49. The third kappa shape index (κ3) is 51.6. The average molecular weight is 919 g/mol. The van der Waals surface area contributed by atoms with E-state index in [-0.39, 0.29) is 31.1 Å². The van der Waals surface area contributed by atoms with Gasteiger partial charge in [0, 0.05) is 19.3 Å². The van der Waals surface area contributed by atoms with Crippen LogP contribution in [-0.2, 0) is 28.6 Å². The van der Waals surface area contributed by atoms with Gasteiger partial charge in [-0.25, -0.2) is 0 Å². The first-order chi connectivity index (χ1) is 32.5. The van der Waals surface area contributed by atoms with Crippen LogP contribution in [0.1, 0.15) is 258 Å². The molecular formula is C60H102O6. The Hall–Kier alpha value is -3.41. The van der Waals surface area contributed by atoms with Crippen LogP contribution >= 0.6 is 0 Å². The molecule has 378 valence electrons. The quantitative estimate of drug-likeness (QED) is 0.0262. The number of carbonyl (C=O) groups excluding carboxylic acids is 3. The van der Waals surface area contributed by atoms with Crippen molar-refractivity contribution in [3.8, 4) is 0 Å². The minimum absolute atomic E-state index is 0.0987. The van der Waals surface area contributed by atoms with Gasteiger partial charge in [0.05, 0.1) is 0 Å². The zero-order valence-electron chi connectivity index (χ0n) is 43.2. The van der Waals surface area contributed by atoms with E-state index in [1.165, 1.54) is 122 Å². The first-order valence-electron chi connectivity index (χ1n) is 27.7. The average Bonchev–Trinajstić information content (AvgIpc) is 3.31. The maximum Gasteiger partial charge on any atom is 0.306 e. The largest absolute Gasteiger partial charge is 0.462 e. The van der Waals surface area contributed by atoms with Crippen LogP contribution in [0.2, 0.25) is 0 Å². The maximum atomic E-state index is 12.8.